The van der Waals surface area contributed by atoms with Crippen LogP contribution < -0.4 is 5.32 Å². The Labute approximate surface area is 157 Å². The van der Waals surface area contributed by atoms with E-state index in [1.165, 1.54) is 12.1 Å². The number of carbonyl (C=O) groups excluding carboxylic acids is 1. The van der Waals surface area contributed by atoms with E-state index in [0.29, 0.717) is 31.2 Å². The minimum absolute atomic E-state index is 0.0401. The first kappa shape index (κ1) is 21.0. The number of hydrogen-bond acceptors (Lipinski definition) is 3. The van der Waals surface area contributed by atoms with E-state index in [0.717, 1.165) is 37.8 Å². The molecule has 2 unspecified atom stereocenters. The van der Waals surface area contributed by atoms with Crippen LogP contribution in [0.1, 0.15) is 37.7 Å². The van der Waals surface area contributed by atoms with Crippen molar-refractivity contribution < 1.29 is 22.7 Å². The second kappa shape index (κ2) is 9.60. The van der Waals surface area contributed by atoms with Gasteiger partial charge in [-0.05, 0) is 55.9 Å². The van der Waals surface area contributed by atoms with Crippen LogP contribution in [0.2, 0.25) is 0 Å². The molecule has 1 aromatic carbocycles. The first-order chi connectivity index (χ1) is 12.8. The molecule has 1 fully saturated rings. The van der Waals surface area contributed by atoms with Crippen molar-refractivity contribution in [2.45, 2.75) is 44.3 Å². The largest absolute Gasteiger partial charge is 0.416 e. The van der Waals surface area contributed by atoms with Crippen LogP contribution in [-0.4, -0.2) is 37.2 Å². The monoisotopic (exact) mass is 383 g/mol. The van der Waals surface area contributed by atoms with Crippen molar-refractivity contribution in [1.82, 2.24) is 4.90 Å². The maximum Gasteiger partial charge on any atom is 0.416 e. The maximum atomic E-state index is 12.7. The van der Waals surface area contributed by atoms with E-state index < -0.39 is 11.7 Å². The molecule has 148 valence electrons. The molecule has 1 aliphatic carbocycles. The number of alkyl halides is 3. The Morgan fingerprint density at radius 2 is 2.04 bits per heavy atom. The number of ether oxygens (including phenoxy) is 1. The zero-order valence-corrected chi connectivity index (χ0v) is 15.3. The summed E-state index contributed by atoms with van der Waals surface area (Å²) in [6.45, 7) is 0.776. The van der Waals surface area contributed by atoms with Crippen LogP contribution in [0.5, 0.6) is 0 Å². The van der Waals surface area contributed by atoms with Crippen LogP contribution in [0.3, 0.4) is 0 Å². The summed E-state index contributed by atoms with van der Waals surface area (Å²) in [6, 6.07) is 6.23. The van der Waals surface area contributed by atoms with E-state index in [1.807, 2.05) is 0 Å². The lowest BCUT2D eigenvalue weighted by Crippen LogP contribution is -2.43. The molecule has 1 N–H and O–H groups in total. The van der Waals surface area contributed by atoms with Crippen LogP contribution >= 0.6 is 0 Å². The van der Waals surface area contributed by atoms with Gasteiger partial charge in [0.15, 0.2) is 0 Å². The topological polar surface area (TPSA) is 65.4 Å². The molecule has 2 rings (SSSR count). The number of amides is 2. The molecule has 5 nitrogen and oxygen atoms in total. The molecule has 8 heteroatoms. The van der Waals surface area contributed by atoms with Gasteiger partial charge in [0.1, 0.15) is 0 Å². The number of nitriles is 1. The normalized spacial score (nSPS) is 19.5. The number of benzene rings is 1. The predicted molar refractivity (Wildman–Crippen MR) is 95.0 cm³/mol. The Morgan fingerprint density at radius 3 is 2.63 bits per heavy atom. The molecule has 0 aromatic heterocycles. The molecule has 0 spiro atoms. The van der Waals surface area contributed by atoms with Gasteiger partial charge in [-0.2, -0.15) is 18.4 Å². The zero-order chi connectivity index (χ0) is 19.9. The number of methoxy groups -OCH3 is 1. The Kier molecular flexibility index (Phi) is 7.48. The van der Waals surface area contributed by atoms with E-state index in [-0.39, 0.29) is 12.1 Å². The van der Waals surface area contributed by atoms with Crippen molar-refractivity contribution in [3.63, 3.8) is 0 Å². The summed E-state index contributed by atoms with van der Waals surface area (Å²) in [5.74, 6) is 0.415. The average Bonchev–Trinajstić information content (AvgIpc) is 3.08. The summed E-state index contributed by atoms with van der Waals surface area (Å²) < 4.78 is 43.0. The lowest BCUT2D eigenvalue weighted by molar-refractivity contribution is -0.137. The van der Waals surface area contributed by atoms with Gasteiger partial charge in [0.2, 0.25) is 0 Å². The molecule has 0 aliphatic heterocycles. The molecule has 27 heavy (non-hydrogen) atoms. The predicted octanol–water partition coefficient (Wildman–Crippen LogP) is 4.66. The van der Waals surface area contributed by atoms with Crippen molar-refractivity contribution in [2.75, 3.05) is 25.6 Å². The van der Waals surface area contributed by atoms with E-state index >= 15 is 0 Å². The molecule has 0 heterocycles. The highest BCUT2D eigenvalue weighted by Crippen LogP contribution is 2.33. The third-order valence-electron chi connectivity index (χ3n) is 4.88. The van der Waals surface area contributed by atoms with Gasteiger partial charge in [0.05, 0.1) is 18.2 Å². The number of carbonyl (C=O) groups is 1. The van der Waals surface area contributed by atoms with Crippen molar-refractivity contribution in [3.8, 4) is 6.07 Å². The standard InChI is InChI=1S/C19H24F3N3O2/c1-27-12-11-25(17-9-4-14(13-17)3-2-10-23)18(26)24-16-7-5-15(6-8-16)19(20,21)22/h5-8,14,17H,2-4,9,11-13H2,1H3,(H,24,26). The quantitative estimate of drug-likeness (QED) is 0.745. The van der Waals surface area contributed by atoms with E-state index in [1.54, 1.807) is 12.0 Å². The molecule has 2 atom stereocenters. The number of halogens is 3. The average molecular weight is 383 g/mol. The van der Waals surface area contributed by atoms with Crippen LogP contribution in [-0.2, 0) is 10.9 Å². The molecule has 1 saturated carbocycles. The van der Waals surface area contributed by atoms with Gasteiger partial charge in [-0.3, -0.25) is 0 Å². The van der Waals surface area contributed by atoms with Gasteiger partial charge < -0.3 is 15.0 Å². The van der Waals surface area contributed by atoms with Crippen molar-refractivity contribution in [3.05, 3.63) is 29.8 Å². The van der Waals surface area contributed by atoms with Crippen molar-refractivity contribution in [2.24, 2.45) is 5.92 Å². The van der Waals surface area contributed by atoms with Crippen LogP contribution in [0, 0.1) is 17.2 Å². The molecular weight excluding hydrogens is 359 g/mol. The third kappa shape index (κ3) is 6.14. The van der Waals surface area contributed by atoms with Gasteiger partial charge in [0, 0.05) is 31.8 Å². The SMILES string of the molecule is COCCN(C(=O)Nc1ccc(C(F)(F)F)cc1)C1CCC(CCC#N)C1. The highest BCUT2D eigenvalue weighted by atomic mass is 19.4. The number of anilines is 1. The van der Waals surface area contributed by atoms with Crippen LogP contribution in [0.15, 0.2) is 24.3 Å². The van der Waals surface area contributed by atoms with Gasteiger partial charge in [-0.25, -0.2) is 4.79 Å². The second-order valence-corrected chi connectivity index (χ2v) is 6.72. The number of hydrogen-bond donors (Lipinski definition) is 1. The molecule has 0 bridgehead atoms. The molecule has 1 aliphatic rings. The number of nitrogens with zero attached hydrogens (tertiary/aromatic N) is 2. The lowest BCUT2D eigenvalue weighted by Gasteiger charge is -2.29. The molecule has 0 saturated heterocycles. The molecule has 1 aromatic rings. The molecule has 2 amide bonds. The van der Waals surface area contributed by atoms with Crippen molar-refractivity contribution >= 4 is 11.7 Å². The van der Waals surface area contributed by atoms with Gasteiger partial charge in [-0.1, -0.05) is 0 Å². The lowest BCUT2D eigenvalue weighted by atomic mass is 10.0. The second-order valence-electron chi connectivity index (χ2n) is 6.72. The summed E-state index contributed by atoms with van der Waals surface area (Å²) >= 11 is 0. The summed E-state index contributed by atoms with van der Waals surface area (Å²) in [5, 5.41) is 11.4. The molecular formula is C19H24F3N3O2. The fraction of sp³-hybridized carbons (Fsp3) is 0.579. The smallest absolute Gasteiger partial charge is 0.383 e. The first-order valence-corrected chi connectivity index (χ1v) is 8.96. The third-order valence-corrected chi connectivity index (χ3v) is 4.88. The Morgan fingerprint density at radius 1 is 1.33 bits per heavy atom. The van der Waals surface area contributed by atoms with E-state index in [4.69, 9.17) is 10.00 Å². The summed E-state index contributed by atoms with van der Waals surface area (Å²) in [5.41, 5.74) is -0.442. The van der Waals surface area contributed by atoms with Crippen LogP contribution in [0.25, 0.3) is 0 Å². The fourth-order valence-electron chi connectivity index (χ4n) is 3.44. The Hall–Kier alpha value is -2.27. The minimum Gasteiger partial charge on any atom is -0.383 e. The summed E-state index contributed by atoms with van der Waals surface area (Å²) in [4.78, 5) is 14.4. The Bertz CT molecular complexity index is 656. The number of urea groups is 1. The maximum absolute atomic E-state index is 12.7. The number of nitrogens with one attached hydrogen (secondary N) is 1. The number of rotatable bonds is 7. The Balaban J connectivity index is 2.01. The van der Waals surface area contributed by atoms with Crippen LogP contribution in [0.4, 0.5) is 23.7 Å². The molecule has 0 radical (unpaired) electrons. The van der Waals surface area contributed by atoms with E-state index in [2.05, 4.69) is 11.4 Å². The summed E-state index contributed by atoms with van der Waals surface area (Å²) in [6.07, 6.45) is -0.441. The van der Waals surface area contributed by atoms with Gasteiger partial charge in [0.25, 0.3) is 0 Å². The van der Waals surface area contributed by atoms with Gasteiger partial charge >= 0.3 is 12.2 Å². The first-order valence-electron chi connectivity index (χ1n) is 8.96. The highest BCUT2D eigenvalue weighted by Gasteiger charge is 2.32. The summed E-state index contributed by atoms with van der Waals surface area (Å²) in [7, 11) is 1.55. The fourth-order valence-corrected chi connectivity index (χ4v) is 3.44. The van der Waals surface area contributed by atoms with Gasteiger partial charge in [-0.15, -0.1) is 0 Å². The van der Waals surface area contributed by atoms with E-state index in [9.17, 15) is 18.0 Å². The zero-order valence-electron chi connectivity index (χ0n) is 15.3. The minimum atomic E-state index is -4.41. The van der Waals surface area contributed by atoms with Crippen molar-refractivity contribution in [1.29, 1.82) is 5.26 Å². The highest BCUT2D eigenvalue weighted by molar-refractivity contribution is 5.89.